The summed E-state index contributed by atoms with van der Waals surface area (Å²) in [4.78, 5) is 30.0. The van der Waals surface area contributed by atoms with Crippen molar-refractivity contribution in [3.8, 4) is 0 Å². The maximum absolute atomic E-state index is 13.8. The van der Waals surface area contributed by atoms with E-state index < -0.39 is 6.04 Å². The highest BCUT2D eigenvalue weighted by atomic mass is 32.1. The molecule has 5 rings (SSSR count). The summed E-state index contributed by atoms with van der Waals surface area (Å²) in [5.74, 6) is -0.940. The lowest BCUT2D eigenvalue weighted by atomic mass is 10.0. The summed E-state index contributed by atoms with van der Waals surface area (Å²) < 4.78 is 14.9. The molecule has 0 radical (unpaired) electrons. The van der Waals surface area contributed by atoms with E-state index in [1.165, 1.54) is 23.5 Å². The molecule has 37 heavy (non-hydrogen) atoms. The van der Waals surface area contributed by atoms with Crippen LogP contribution in [0.25, 0.3) is 11.0 Å². The zero-order valence-corrected chi connectivity index (χ0v) is 20.6. The fraction of sp³-hybridized carbons (Fsp3) is 0.143. The van der Waals surface area contributed by atoms with Crippen molar-refractivity contribution < 1.29 is 14.0 Å². The Morgan fingerprint density at radius 2 is 1.70 bits per heavy atom. The maximum Gasteiger partial charge on any atom is 0.247 e. The van der Waals surface area contributed by atoms with Crippen LogP contribution in [0.5, 0.6) is 0 Å². The summed E-state index contributed by atoms with van der Waals surface area (Å²) in [6.45, 7) is 0.393. The molecule has 0 saturated heterocycles. The van der Waals surface area contributed by atoms with Crippen LogP contribution in [0.3, 0.4) is 0 Å². The third-order valence-electron chi connectivity index (χ3n) is 5.99. The lowest BCUT2D eigenvalue weighted by Gasteiger charge is -2.31. The monoisotopic (exact) mass is 513 g/mol. The molecule has 0 aliphatic heterocycles. The average molecular weight is 514 g/mol. The lowest BCUT2D eigenvalue weighted by Crippen LogP contribution is -2.44. The second kappa shape index (κ2) is 11.1. The first-order chi connectivity index (χ1) is 18.1. The molecule has 0 fully saturated rings. The number of para-hydroxylation sites is 1. The summed E-state index contributed by atoms with van der Waals surface area (Å²) in [5, 5.41) is 13.2. The van der Waals surface area contributed by atoms with E-state index in [0.29, 0.717) is 11.1 Å². The zero-order chi connectivity index (χ0) is 25.6. The first-order valence-corrected chi connectivity index (χ1v) is 12.6. The van der Waals surface area contributed by atoms with Gasteiger partial charge in [0, 0.05) is 11.4 Å². The molecule has 5 aromatic rings. The van der Waals surface area contributed by atoms with E-state index in [9.17, 15) is 14.0 Å². The Bertz CT molecular complexity index is 1490. The van der Waals surface area contributed by atoms with E-state index in [1.54, 1.807) is 21.7 Å². The van der Waals surface area contributed by atoms with Crippen LogP contribution in [0.1, 0.15) is 22.0 Å². The molecule has 0 bridgehead atoms. The molecule has 3 aromatic carbocycles. The van der Waals surface area contributed by atoms with Crippen LogP contribution in [0, 0.1) is 5.82 Å². The minimum absolute atomic E-state index is 0.0690. The normalized spacial score (nSPS) is 11.8. The zero-order valence-electron chi connectivity index (χ0n) is 19.8. The number of benzene rings is 3. The Balaban J connectivity index is 1.46. The van der Waals surface area contributed by atoms with Crippen molar-refractivity contribution in [3.05, 3.63) is 118 Å². The van der Waals surface area contributed by atoms with Crippen molar-refractivity contribution in [1.29, 1.82) is 0 Å². The molecule has 0 aliphatic rings. The molecule has 9 heteroatoms. The number of carbonyl (C=O) groups excluding carboxylic acids is 2. The van der Waals surface area contributed by atoms with E-state index in [-0.39, 0.29) is 37.3 Å². The fourth-order valence-corrected chi connectivity index (χ4v) is 4.85. The van der Waals surface area contributed by atoms with Crippen molar-refractivity contribution in [2.24, 2.45) is 0 Å². The van der Waals surface area contributed by atoms with Crippen LogP contribution in [-0.2, 0) is 29.2 Å². The predicted octanol–water partition coefficient (Wildman–Crippen LogP) is 4.72. The Labute approximate surface area is 217 Å². The van der Waals surface area contributed by atoms with Crippen molar-refractivity contribution >= 4 is 34.2 Å². The smallest absolute Gasteiger partial charge is 0.247 e. The number of rotatable bonds is 9. The number of hydrogen-bond donors (Lipinski definition) is 1. The first-order valence-electron chi connectivity index (χ1n) is 11.8. The third-order valence-corrected chi connectivity index (χ3v) is 6.85. The number of amides is 2. The molecule has 1 N–H and O–H groups in total. The van der Waals surface area contributed by atoms with Gasteiger partial charge in [-0.2, -0.15) is 0 Å². The van der Waals surface area contributed by atoms with E-state index in [4.69, 9.17) is 0 Å². The lowest BCUT2D eigenvalue weighted by molar-refractivity contribution is -0.142. The number of aromatic nitrogens is 3. The molecule has 0 saturated carbocycles. The Morgan fingerprint density at radius 1 is 0.946 bits per heavy atom. The van der Waals surface area contributed by atoms with Gasteiger partial charge < -0.3 is 10.2 Å². The second-order valence-electron chi connectivity index (χ2n) is 8.49. The van der Waals surface area contributed by atoms with Gasteiger partial charge in [-0.1, -0.05) is 65.9 Å². The van der Waals surface area contributed by atoms with Crippen molar-refractivity contribution in [1.82, 2.24) is 25.2 Å². The van der Waals surface area contributed by atoms with Gasteiger partial charge >= 0.3 is 0 Å². The largest absolute Gasteiger partial charge is 0.350 e. The summed E-state index contributed by atoms with van der Waals surface area (Å²) in [5.41, 5.74) is 2.87. The standard InChI is InChI=1S/C28H24FN5O2S/c29-22-14-12-20(13-15-22)17-30-28(36)27(21-7-2-1-3-8-21)33(18-23-9-6-16-37-23)26(35)19-34-25-11-5-4-10-24(25)31-32-34/h1-16,27H,17-19H2,(H,30,36). The van der Waals surface area contributed by atoms with Crippen LogP contribution in [-0.4, -0.2) is 31.7 Å². The molecule has 0 spiro atoms. The molecule has 1 atom stereocenters. The quantitative estimate of drug-likeness (QED) is 0.309. The highest BCUT2D eigenvalue weighted by Gasteiger charge is 2.32. The van der Waals surface area contributed by atoms with Gasteiger partial charge in [0.1, 0.15) is 23.9 Å². The minimum atomic E-state index is -0.883. The van der Waals surface area contributed by atoms with Crippen LogP contribution >= 0.6 is 11.3 Å². The molecule has 7 nitrogen and oxygen atoms in total. The number of halogens is 1. The van der Waals surface area contributed by atoms with Crippen LogP contribution in [0.15, 0.2) is 96.4 Å². The molecule has 0 aliphatic carbocycles. The summed E-state index contributed by atoms with van der Waals surface area (Å²) in [7, 11) is 0. The molecular weight excluding hydrogens is 489 g/mol. The second-order valence-corrected chi connectivity index (χ2v) is 9.53. The first kappa shape index (κ1) is 24.3. The predicted molar refractivity (Wildman–Crippen MR) is 140 cm³/mol. The van der Waals surface area contributed by atoms with Crippen LogP contribution < -0.4 is 5.32 Å². The molecular formula is C28H24FN5O2S. The van der Waals surface area contributed by atoms with Gasteiger partial charge in [-0.15, -0.1) is 16.4 Å². The molecule has 2 amide bonds. The van der Waals surface area contributed by atoms with E-state index in [2.05, 4.69) is 15.6 Å². The highest BCUT2D eigenvalue weighted by Crippen LogP contribution is 2.26. The number of carbonyl (C=O) groups is 2. The van der Waals surface area contributed by atoms with Gasteiger partial charge in [0.15, 0.2) is 0 Å². The average Bonchev–Trinajstić information content (AvgIpc) is 3.59. The van der Waals surface area contributed by atoms with Crippen molar-refractivity contribution in [3.63, 3.8) is 0 Å². The molecule has 186 valence electrons. The molecule has 1 unspecified atom stereocenters. The van der Waals surface area contributed by atoms with Crippen LogP contribution in [0.2, 0.25) is 0 Å². The Kier molecular flexibility index (Phi) is 7.32. The van der Waals surface area contributed by atoms with Gasteiger partial charge in [0.05, 0.1) is 12.1 Å². The van der Waals surface area contributed by atoms with E-state index in [0.717, 1.165) is 16.0 Å². The van der Waals surface area contributed by atoms with E-state index >= 15 is 0 Å². The SMILES string of the molecule is O=C(NCc1ccc(F)cc1)C(c1ccccc1)N(Cc1cccs1)C(=O)Cn1nnc2ccccc21. The van der Waals surface area contributed by atoms with Gasteiger partial charge in [-0.05, 0) is 46.8 Å². The number of nitrogens with one attached hydrogen (secondary N) is 1. The topological polar surface area (TPSA) is 80.1 Å². The van der Waals surface area contributed by atoms with Crippen molar-refractivity contribution in [2.45, 2.75) is 25.7 Å². The highest BCUT2D eigenvalue weighted by molar-refractivity contribution is 7.09. The van der Waals surface area contributed by atoms with Gasteiger partial charge in [-0.25, -0.2) is 9.07 Å². The van der Waals surface area contributed by atoms with E-state index in [1.807, 2.05) is 72.1 Å². The van der Waals surface area contributed by atoms with Gasteiger partial charge in [0.2, 0.25) is 11.8 Å². The number of nitrogens with zero attached hydrogens (tertiary/aromatic N) is 4. The number of hydrogen-bond acceptors (Lipinski definition) is 5. The molecule has 2 aromatic heterocycles. The number of thiophene rings is 1. The number of fused-ring (bicyclic) bond motifs is 1. The Hall–Kier alpha value is -4.37. The minimum Gasteiger partial charge on any atom is -0.350 e. The van der Waals surface area contributed by atoms with Gasteiger partial charge in [0.25, 0.3) is 0 Å². The van der Waals surface area contributed by atoms with Crippen molar-refractivity contribution in [2.75, 3.05) is 0 Å². The summed E-state index contributed by atoms with van der Waals surface area (Å²) >= 11 is 1.52. The van der Waals surface area contributed by atoms with Crippen LogP contribution in [0.4, 0.5) is 4.39 Å². The Morgan fingerprint density at radius 3 is 2.46 bits per heavy atom. The fourth-order valence-electron chi connectivity index (χ4n) is 4.14. The van der Waals surface area contributed by atoms with Gasteiger partial charge in [-0.3, -0.25) is 9.59 Å². The maximum atomic E-state index is 13.8. The molecule has 2 heterocycles. The summed E-state index contributed by atoms with van der Waals surface area (Å²) in [6.07, 6.45) is 0. The summed E-state index contributed by atoms with van der Waals surface area (Å²) in [6, 6.07) is 25.6. The third kappa shape index (κ3) is 5.73.